The third-order valence-corrected chi connectivity index (χ3v) is 4.79. The molecule has 0 spiro atoms. The quantitative estimate of drug-likeness (QED) is 0.871. The van der Waals surface area contributed by atoms with E-state index in [2.05, 4.69) is 0 Å². The number of likely N-dealkylation sites (tertiary alicyclic amines) is 1. The maximum atomic E-state index is 13.8. The van der Waals surface area contributed by atoms with E-state index in [0.29, 0.717) is 35.3 Å². The lowest BCUT2D eigenvalue weighted by Gasteiger charge is -2.14. The van der Waals surface area contributed by atoms with Gasteiger partial charge in [-0.05, 0) is 31.0 Å². The van der Waals surface area contributed by atoms with Crippen LogP contribution in [0, 0.1) is 12.7 Å². The summed E-state index contributed by atoms with van der Waals surface area (Å²) in [5.74, 6) is -0.388. The molecule has 0 bridgehead atoms. The Hall–Kier alpha value is -1.46. The van der Waals surface area contributed by atoms with Gasteiger partial charge in [0, 0.05) is 23.2 Å². The number of halogens is 1. The van der Waals surface area contributed by atoms with Crippen molar-refractivity contribution in [3.05, 3.63) is 34.5 Å². The molecule has 19 heavy (non-hydrogen) atoms. The zero-order chi connectivity index (χ0) is 13.6. The average Bonchev–Trinajstić information content (AvgIpc) is 2.94. The summed E-state index contributed by atoms with van der Waals surface area (Å²) >= 11 is 1.32. The van der Waals surface area contributed by atoms with E-state index in [4.69, 9.17) is 0 Å². The topological polar surface area (TPSA) is 40.5 Å². The second-order valence-electron chi connectivity index (χ2n) is 4.86. The van der Waals surface area contributed by atoms with E-state index in [1.54, 1.807) is 17.9 Å². The molecule has 1 saturated heterocycles. The Bertz CT molecular complexity index is 652. The summed E-state index contributed by atoms with van der Waals surface area (Å²) < 4.78 is 14.6. The molecule has 0 aliphatic carbocycles. The third-order valence-electron chi connectivity index (χ3n) is 3.55. The van der Waals surface area contributed by atoms with Gasteiger partial charge in [0.1, 0.15) is 5.82 Å². The van der Waals surface area contributed by atoms with Crippen molar-refractivity contribution >= 4 is 27.3 Å². The van der Waals surface area contributed by atoms with Gasteiger partial charge in [0.15, 0.2) is 0 Å². The maximum Gasteiger partial charge on any atom is 0.264 e. The van der Waals surface area contributed by atoms with E-state index < -0.39 is 6.10 Å². The average molecular weight is 279 g/mol. The normalized spacial score (nSPS) is 19.3. The number of rotatable bonds is 1. The van der Waals surface area contributed by atoms with Crippen molar-refractivity contribution in [3.63, 3.8) is 0 Å². The largest absolute Gasteiger partial charge is 0.391 e. The number of aliphatic hydroxyl groups excluding tert-OH is 1. The fraction of sp³-hybridized carbons (Fsp3) is 0.357. The minimum Gasteiger partial charge on any atom is -0.391 e. The highest BCUT2D eigenvalue weighted by Crippen LogP contribution is 2.33. The molecule has 0 saturated carbocycles. The van der Waals surface area contributed by atoms with E-state index in [0.717, 1.165) is 4.70 Å². The fourth-order valence-corrected chi connectivity index (χ4v) is 3.72. The van der Waals surface area contributed by atoms with Crippen molar-refractivity contribution in [2.45, 2.75) is 19.4 Å². The number of hydrogen-bond donors (Lipinski definition) is 1. The van der Waals surface area contributed by atoms with Gasteiger partial charge in [0.2, 0.25) is 0 Å². The Morgan fingerprint density at radius 3 is 2.95 bits per heavy atom. The van der Waals surface area contributed by atoms with E-state index in [9.17, 15) is 14.3 Å². The summed E-state index contributed by atoms with van der Waals surface area (Å²) in [6.45, 7) is 2.72. The van der Waals surface area contributed by atoms with E-state index in [1.165, 1.54) is 17.4 Å². The van der Waals surface area contributed by atoms with Crippen molar-refractivity contribution in [1.29, 1.82) is 0 Å². The molecule has 2 aromatic rings. The highest BCUT2D eigenvalue weighted by atomic mass is 32.1. The number of carbonyl (C=O) groups excluding carboxylic acids is 1. The number of carbonyl (C=O) groups is 1. The molecule has 1 N–H and O–H groups in total. The van der Waals surface area contributed by atoms with Gasteiger partial charge < -0.3 is 10.0 Å². The molecule has 3 rings (SSSR count). The van der Waals surface area contributed by atoms with Crippen LogP contribution < -0.4 is 0 Å². The van der Waals surface area contributed by atoms with Crippen LogP contribution in [0.2, 0.25) is 0 Å². The Balaban J connectivity index is 2.03. The molecule has 0 unspecified atom stereocenters. The molecular weight excluding hydrogens is 265 g/mol. The van der Waals surface area contributed by atoms with Crippen molar-refractivity contribution in [3.8, 4) is 0 Å². The molecule has 2 heterocycles. The van der Waals surface area contributed by atoms with Crippen molar-refractivity contribution in [1.82, 2.24) is 4.90 Å². The van der Waals surface area contributed by atoms with Gasteiger partial charge in [-0.15, -0.1) is 11.3 Å². The Labute approximate surface area is 114 Å². The number of aliphatic hydroxyl groups is 1. The molecule has 1 aliphatic heterocycles. The molecule has 1 aromatic heterocycles. The first-order valence-corrected chi connectivity index (χ1v) is 7.04. The number of aryl methyl sites for hydroxylation is 1. The molecule has 1 amide bonds. The second-order valence-corrected chi connectivity index (χ2v) is 5.92. The Morgan fingerprint density at radius 1 is 1.53 bits per heavy atom. The van der Waals surface area contributed by atoms with Crippen LogP contribution in [-0.4, -0.2) is 35.1 Å². The number of nitrogens with zero attached hydrogens (tertiary/aromatic N) is 1. The van der Waals surface area contributed by atoms with Crippen LogP contribution in [0.3, 0.4) is 0 Å². The first-order chi connectivity index (χ1) is 9.08. The van der Waals surface area contributed by atoms with Gasteiger partial charge in [0.05, 0.1) is 11.0 Å². The lowest BCUT2D eigenvalue weighted by atomic mass is 10.1. The first-order valence-electron chi connectivity index (χ1n) is 6.23. The lowest BCUT2D eigenvalue weighted by Crippen LogP contribution is -2.29. The molecule has 1 fully saturated rings. The first kappa shape index (κ1) is 12.6. The van der Waals surface area contributed by atoms with Crippen LogP contribution >= 0.6 is 11.3 Å². The van der Waals surface area contributed by atoms with Crippen LogP contribution in [0.25, 0.3) is 10.1 Å². The monoisotopic (exact) mass is 279 g/mol. The van der Waals surface area contributed by atoms with Crippen LogP contribution in [0.15, 0.2) is 18.2 Å². The summed E-state index contributed by atoms with van der Waals surface area (Å²) in [4.78, 5) is 14.6. The van der Waals surface area contributed by atoms with Crippen LogP contribution in [-0.2, 0) is 0 Å². The van der Waals surface area contributed by atoms with Crippen molar-refractivity contribution in [2.75, 3.05) is 13.1 Å². The van der Waals surface area contributed by atoms with E-state index in [-0.39, 0.29) is 11.7 Å². The predicted octanol–water partition coefficient (Wildman–Crippen LogP) is 2.56. The number of fused-ring (bicyclic) bond motifs is 1. The Morgan fingerprint density at radius 2 is 2.32 bits per heavy atom. The number of thiophene rings is 1. The van der Waals surface area contributed by atoms with E-state index in [1.807, 2.05) is 6.07 Å². The highest BCUT2D eigenvalue weighted by molar-refractivity contribution is 7.21. The second kappa shape index (κ2) is 4.58. The summed E-state index contributed by atoms with van der Waals surface area (Å²) in [5.41, 5.74) is 0.699. The van der Waals surface area contributed by atoms with Gasteiger partial charge in [-0.2, -0.15) is 0 Å². The smallest absolute Gasteiger partial charge is 0.264 e. The number of amides is 1. The van der Waals surface area contributed by atoms with Gasteiger partial charge >= 0.3 is 0 Å². The number of benzene rings is 1. The highest BCUT2D eigenvalue weighted by Gasteiger charge is 2.28. The number of β-amino-alcohol motifs (C(OH)–C–C–N with tert-alkyl or cyclic N) is 1. The van der Waals surface area contributed by atoms with Gasteiger partial charge in [0.25, 0.3) is 5.91 Å². The molecular formula is C14H14FNO2S. The standard InChI is InChI=1S/C14H14FNO2S/c1-8-12-10(15)3-2-4-11(12)19-13(8)14(18)16-6-5-9(17)7-16/h2-4,9,17H,5-7H2,1H3/t9-/m1/s1. The van der Waals surface area contributed by atoms with Gasteiger partial charge in [-0.25, -0.2) is 4.39 Å². The van der Waals surface area contributed by atoms with Crippen LogP contribution in [0.4, 0.5) is 4.39 Å². The van der Waals surface area contributed by atoms with Crippen molar-refractivity contribution < 1.29 is 14.3 Å². The van der Waals surface area contributed by atoms with Crippen LogP contribution in [0.1, 0.15) is 21.7 Å². The number of hydrogen-bond acceptors (Lipinski definition) is 3. The maximum absolute atomic E-state index is 13.8. The molecule has 1 atom stereocenters. The molecule has 5 heteroatoms. The molecule has 1 aromatic carbocycles. The predicted molar refractivity (Wildman–Crippen MR) is 73.0 cm³/mol. The van der Waals surface area contributed by atoms with Gasteiger partial charge in [-0.1, -0.05) is 6.07 Å². The summed E-state index contributed by atoms with van der Waals surface area (Å²) in [7, 11) is 0. The summed E-state index contributed by atoms with van der Waals surface area (Å²) in [5, 5.41) is 10.0. The third kappa shape index (κ3) is 2.03. The van der Waals surface area contributed by atoms with Crippen molar-refractivity contribution in [2.24, 2.45) is 0 Å². The zero-order valence-corrected chi connectivity index (χ0v) is 11.3. The molecule has 0 radical (unpaired) electrons. The fourth-order valence-electron chi connectivity index (χ4n) is 2.53. The Kier molecular flexibility index (Phi) is 3.03. The molecule has 3 nitrogen and oxygen atoms in total. The van der Waals surface area contributed by atoms with Gasteiger partial charge in [-0.3, -0.25) is 4.79 Å². The SMILES string of the molecule is Cc1c(C(=O)N2CC[C@@H](O)C2)sc2cccc(F)c12. The van der Waals surface area contributed by atoms with E-state index >= 15 is 0 Å². The minimum atomic E-state index is -0.435. The minimum absolute atomic E-state index is 0.102. The summed E-state index contributed by atoms with van der Waals surface area (Å²) in [6.07, 6.45) is 0.180. The lowest BCUT2D eigenvalue weighted by molar-refractivity contribution is 0.0769. The van der Waals surface area contributed by atoms with Crippen LogP contribution in [0.5, 0.6) is 0 Å². The zero-order valence-electron chi connectivity index (χ0n) is 10.5. The summed E-state index contributed by atoms with van der Waals surface area (Å²) in [6, 6.07) is 4.89. The molecule has 1 aliphatic rings. The molecule has 100 valence electrons.